The molecule has 0 aliphatic rings. The normalized spacial score (nSPS) is 10.2. The fraction of sp³-hybridized carbons (Fsp3) is 0.188. The topological polar surface area (TPSA) is 64.3 Å². The van der Waals surface area contributed by atoms with Gasteiger partial charge in [0.25, 0.3) is 0 Å². The van der Waals surface area contributed by atoms with E-state index in [0.29, 0.717) is 17.9 Å². The van der Waals surface area contributed by atoms with Crippen LogP contribution in [0.5, 0.6) is 5.75 Å². The van der Waals surface area contributed by atoms with E-state index in [9.17, 15) is 9.18 Å². The maximum atomic E-state index is 13.6. The minimum Gasteiger partial charge on any atom is -0.497 e. The number of benzene rings is 2. The Balaban J connectivity index is 1.96. The molecule has 1 amide bonds. The van der Waals surface area contributed by atoms with E-state index in [1.54, 1.807) is 6.07 Å². The Morgan fingerprint density at radius 1 is 1.29 bits per heavy atom. The van der Waals surface area contributed by atoms with Crippen LogP contribution in [-0.2, 0) is 11.2 Å². The van der Waals surface area contributed by atoms with Crippen LogP contribution in [0.15, 0.2) is 42.5 Å². The number of halogens is 1. The van der Waals surface area contributed by atoms with Gasteiger partial charge in [-0.2, -0.15) is 0 Å². The van der Waals surface area contributed by atoms with Crippen LogP contribution >= 0.6 is 0 Å². The van der Waals surface area contributed by atoms with Crippen molar-refractivity contribution in [3.8, 4) is 5.75 Å². The first-order chi connectivity index (χ1) is 10.1. The Kier molecular flexibility index (Phi) is 4.77. The number of nitrogen functional groups attached to an aromatic ring is 1. The van der Waals surface area contributed by atoms with Gasteiger partial charge < -0.3 is 15.8 Å². The average molecular weight is 288 g/mol. The highest BCUT2D eigenvalue weighted by atomic mass is 19.1. The fourth-order valence-corrected chi connectivity index (χ4v) is 1.95. The molecule has 0 aliphatic carbocycles. The van der Waals surface area contributed by atoms with E-state index in [1.807, 2.05) is 18.2 Å². The summed E-state index contributed by atoms with van der Waals surface area (Å²) in [6.07, 6.45) is 0.794. The van der Waals surface area contributed by atoms with Gasteiger partial charge in [-0.05, 0) is 36.2 Å². The van der Waals surface area contributed by atoms with Gasteiger partial charge in [-0.1, -0.05) is 12.1 Å². The van der Waals surface area contributed by atoms with Crippen LogP contribution < -0.4 is 15.8 Å². The number of anilines is 2. The lowest BCUT2D eigenvalue weighted by Crippen LogP contribution is -2.13. The lowest BCUT2D eigenvalue weighted by Gasteiger charge is -2.08. The highest BCUT2D eigenvalue weighted by Gasteiger charge is 2.08. The maximum absolute atomic E-state index is 13.6. The summed E-state index contributed by atoms with van der Waals surface area (Å²) in [7, 11) is 1.48. The number of nitrogens with one attached hydrogen (secondary N) is 1. The van der Waals surface area contributed by atoms with Gasteiger partial charge in [0.1, 0.15) is 11.6 Å². The summed E-state index contributed by atoms with van der Waals surface area (Å²) >= 11 is 0. The summed E-state index contributed by atoms with van der Waals surface area (Å²) in [4.78, 5) is 11.9. The van der Waals surface area contributed by atoms with Crippen molar-refractivity contribution >= 4 is 17.3 Å². The first-order valence-electron chi connectivity index (χ1n) is 6.56. The molecule has 0 saturated carbocycles. The number of hydrogen-bond donors (Lipinski definition) is 2. The summed E-state index contributed by atoms with van der Waals surface area (Å²) < 4.78 is 18.6. The van der Waals surface area contributed by atoms with Crippen molar-refractivity contribution in [1.82, 2.24) is 0 Å². The zero-order chi connectivity index (χ0) is 15.2. The summed E-state index contributed by atoms with van der Waals surface area (Å²) in [6.45, 7) is 0. The van der Waals surface area contributed by atoms with Crippen LogP contribution in [0.2, 0.25) is 0 Å². The minimum atomic E-state index is -0.492. The number of amides is 1. The quantitative estimate of drug-likeness (QED) is 0.831. The Morgan fingerprint density at radius 2 is 2.10 bits per heavy atom. The third-order valence-corrected chi connectivity index (χ3v) is 3.04. The van der Waals surface area contributed by atoms with Crippen molar-refractivity contribution in [2.45, 2.75) is 12.8 Å². The van der Waals surface area contributed by atoms with Crippen molar-refractivity contribution in [2.24, 2.45) is 0 Å². The lowest BCUT2D eigenvalue weighted by molar-refractivity contribution is -0.116. The van der Waals surface area contributed by atoms with Crippen molar-refractivity contribution in [2.75, 3.05) is 18.2 Å². The molecule has 5 heteroatoms. The molecule has 2 aromatic rings. The van der Waals surface area contributed by atoms with E-state index >= 15 is 0 Å². The van der Waals surface area contributed by atoms with Crippen molar-refractivity contribution in [3.63, 3.8) is 0 Å². The van der Waals surface area contributed by atoms with Gasteiger partial charge >= 0.3 is 0 Å². The van der Waals surface area contributed by atoms with Gasteiger partial charge in [-0.25, -0.2) is 4.39 Å². The number of rotatable bonds is 5. The monoisotopic (exact) mass is 288 g/mol. The van der Waals surface area contributed by atoms with Crippen molar-refractivity contribution < 1.29 is 13.9 Å². The number of hydrogen-bond acceptors (Lipinski definition) is 3. The van der Waals surface area contributed by atoms with Gasteiger partial charge in [0.15, 0.2) is 0 Å². The molecule has 0 atom stereocenters. The molecule has 2 aromatic carbocycles. The van der Waals surface area contributed by atoms with Crippen LogP contribution in [0, 0.1) is 5.82 Å². The summed E-state index contributed by atoms with van der Waals surface area (Å²) in [5.41, 5.74) is 7.42. The van der Waals surface area contributed by atoms with E-state index in [2.05, 4.69) is 5.32 Å². The molecule has 4 nitrogen and oxygen atoms in total. The van der Waals surface area contributed by atoms with Crippen molar-refractivity contribution in [1.29, 1.82) is 0 Å². The SMILES string of the molecule is COc1ccc(F)c(NC(=O)CCc2cccc(N)c2)c1. The average Bonchev–Trinajstić information content (AvgIpc) is 2.47. The Labute approximate surface area is 122 Å². The Hall–Kier alpha value is -2.56. The number of nitrogens with two attached hydrogens (primary N) is 1. The van der Waals surface area contributed by atoms with E-state index < -0.39 is 5.82 Å². The van der Waals surface area contributed by atoms with Crippen LogP contribution in [0.3, 0.4) is 0 Å². The molecule has 0 aromatic heterocycles. The molecule has 3 N–H and O–H groups in total. The van der Waals surface area contributed by atoms with Crippen molar-refractivity contribution in [3.05, 3.63) is 53.8 Å². The highest BCUT2D eigenvalue weighted by Crippen LogP contribution is 2.21. The fourth-order valence-electron chi connectivity index (χ4n) is 1.95. The third kappa shape index (κ3) is 4.21. The minimum absolute atomic E-state index is 0.118. The zero-order valence-electron chi connectivity index (χ0n) is 11.7. The predicted octanol–water partition coefficient (Wildman–Crippen LogP) is 2.99. The molecular weight excluding hydrogens is 271 g/mol. The largest absolute Gasteiger partial charge is 0.497 e. The Bertz CT molecular complexity index is 644. The highest BCUT2D eigenvalue weighted by molar-refractivity contribution is 5.91. The molecule has 0 bridgehead atoms. The zero-order valence-corrected chi connectivity index (χ0v) is 11.7. The van der Waals surface area contributed by atoms with Gasteiger partial charge in [0.05, 0.1) is 12.8 Å². The van der Waals surface area contributed by atoms with Gasteiger partial charge in [0, 0.05) is 18.2 Å². The molecule has 0 aliphatic heterocycles. The van der Waals surface area contributed by atoms with Gasteiger partial charge in [-0.3, -0.25) is 4.79 Å². The lowest BCUT2D eigenvalue weighted by atomic mass is 10.1. The van der Waals surface area contributed by atoms with E-state index in [4.69, 9.17) is 10.5 Å². The molecule has 0 radical (unpaired) electrons. The second-order valence-corrected chi connectivity index (χ2v) is 4.64. The summed E-state index contributed by atoms with van der Waals surface area (Å²) in [5, 5.41) is 2.54. The predicted molar refractivity (Wildman–Crippen MR) is 80.8 cm³/mol. The second-order valence-electron chi connectivity index (χ2n) is 4.64. The van der Waals surface area contributed by atoms with Gasteiger partial charge in [0.2, 0.25) is 5.91 Å². The molecule has 0 fully saturated rings. The molecule has 0 unspecified atom stereocenters. The molecule has 0 spiro atoms. The number of aryl methyl sites for hydroxylation is 1. The molecular formula is C16H17FN2O2. The van der Waals surface area contributed by atoms with Gasteiger partial charge in [-0.15, -0.1) is 0 Å². The standard InChI is InChI=1S/C16H17FN2O2/c1-21-13-6-7-14(17)15(10-13)19-16(20)8-5-11-3-2-4-12(18)9-11/h2-4,6-7,9-10H,5,8,18H2,1H3,(H,19,20). The second kappa shape index (κ2) is 6.74. The van der Waals surface area contributed by atoms with Crippen LogP contribution in [0.1, 0.15) is 12.0 Å². The van der Waals surface area contributed by atoms with E-state index in [1.165, 1.54) is 25.3 Å². The number of carbonyl (C=O) groups excluding carboxylic acids is 1. The summed E-state index contributed by atoms with van der Waals surface area (Å²) in [6, 6.07) is 11.5. The molecule has 21 heavy (non-hydrogen) atoms. The van der Waals surface area contributed by atoms with E-state index in [-0.39, 0.29) is 18.0 Å². The molecule has 2 rings (SSSR count). The Morgan fingerprint density at radius 3 is 2.81 bits per heavy atom. The number of ether oxygens (including phenoxy) is 1. The van der Waals surface area contributed by atoms with Crippen LogP contribution in [0.25, 0.3) is 0 Å². The van der Waals surface area contributed by atoms with E-state index in [0.717, 1.165) is 5.56 Å². The number of carbonyl (C=O) groups is 1. The molecule has 110 valence electrons. The maximum Gasteiger partial charge on any atom is 0.224 e. The first-order valence-corrected chi connectivity index (χ1v) is 6.56. The van der Waals surface area contributed by atoms with Crippen LogP contribution in [-0.4, -0.2) is 13.0 Å². The first kappa shape index (κ1) is 14.8. The molecule has 0 heterocycles. The van der Waals surface area contributed by atoms with Crippen LogP contribution in [0.4, 0.5) is 15.8 Å². The smallest absolute Gasteiger partial charge is 0.224 e. The number of methoxy groups -OCH3 is 1. The molecule has 0 saturated heterocycles. The summed E-state index contributed by atoms with van der Waals surface area (Å²) in [5.74, 6) is -0.264. The third-order valence-electron chi connectivity index (χ3n) is 3.04.